The zero-order chi connectivity index (χ0) is 10.7. The van der Waals surface area contributed by atoms with E-state index in [-0.39, 0.29) is 10.6 Å². The van der Waals surface area contributed by atoms with Gasteiger partial charge in [-0.1, -0.05) is 11.6 Å². The normalized spacial score (nSPS) is 9.64. The Morgan fingerprint density at radius 1 is 1.57 bits per heavy atom. The summed E-state index contributed by atoms with van der Waals surface area (Å²) >= 11 is 5.55. The standard InChI is InChI=1S/C8H5ClFNO3/c1-14-8(12)4-2-7(11-13)6(10)3-5(4)9/h2-3H,1H3. The maximum absolute atomic E-state index is 12.9. The van der Waals surface area contributed by atoms with Crippen LogP contribution in [0.2, 0.25) is 5.02 Å². The predicted molar refractivity (Wildman–Crippen MR) is 48.2 cm³/mol. The van der Waals surface area contributed by atoms with Gasteiger partial charge in [-0.15, -0.1) is 4.91 Å². The average molecular weight is 218 g/mol. The number of nitrogens with zero attached hydrogens (tertiary/aromatic N) is 1. The maximum Gasteiger partial charge on any atom is 0.339 e. The van der Waals surface area contributed by atoms with Gasteiger partial charge in [0.05, 0.1) is 17.7 Å². The van der Waals surface area contributed by atoms with E-state index in [1.807, 2.05) is 0 Å². The Labute approximate surface area is 83.6 Å². The Hall–Kier alpha value is -1.49. The van der Waals surface area contributed by atoms with Crippen LogP contribution in [0.5, 0.6) is 0 Å². The van der Waals surface area contributed by atoms with E-state index in [0.29, 0.717) is 0 Å². The minimum Gasteiger partial charge on any atom is -0.465 e. The third-order valence-corrected chi connectivity index (χ3v) is 1.85. The molecule has 0 spiro atoms. The molecule has 1 rings (SSSR count). The van der Waals surface area contributed by atoms with Crippen LogP contribution in [0, 0.1) is 10.7 Å². The summed E-state index contributed by atoms with van der Waals surface area (Å²) in [5, 5.41) is 2.27. The van der Waals surface area contributed by atoms with Crippen LogP contribution in [0.4, 0.5) is 10.1 Å². The Balaban J connectivity index is 3.30. The minimum atomic E-state index is -0.877. The van der Waals surface area contributed by atoms with Gasteiger partial charge in [0.15, 0.2) is 5.82 Å². The number of carbonyl (C=O) groups excluding carboxylic acids is 1. The van der Waals surface area contributed by atoms with Gasteiger partial charge in [0.1, 0.15) is 5.69 Å². The van der Waals surface area contributed by atoms with Gasteiger partial charge in [-0.05, 0) is 17.3 Å². The van der Waals surface area contributed by atoms with Crippen molar-refractivity contribution in [2.24, 2.45) is 5.18 Å². The minimum absolute atomic E-state index is 0.0924. The number of methoxy groups -OCH3 is 1. The third kappa shape index (κ3) is 1.88. The molecule has 4 nitrogen and oxygen atoms in total. The molecule has 0 aromatic heterocycles. The molecule has 1 aromatic carbocycles. The molecule has 0 aliphatic rings. The average Bonchev–Trinajstić information content (AvgIpc) is 2.17. The fraction of sp³-hybridized carbons (Fsp3) is 0.125. The van der Waals surface area contributed by atoms with E-state index >= 15 is 0 Å². The summed E-state index contributed by atoms with van der Waals surface area (Å²) in [5.41, 5.74) is -0.569. The molecular formula is C8H5ClFNO3. The highest BCUT2D eigenvalue weighted by Crippen LogP contribution is 2.26. The van der Waals surface area contributed by atoms with E-state index in [9.17, 15) is 14.1 Å². The van der Waals surface area contributed by atoms with Crippen molar-refractivity contribution in [3.63, 3.8) is 0 Å². The van der Waals surface area contributed by atoms with Crippen LogP contribution < -0.4 is 0 Å². The number of rotatable bonds is 2. The molecule has 14 heavy (non-hydrogen) atoms. The van der Waals surface area contributed by atoms with Crippen molar-refractivity contribution >= 4 is 23.3 Å². The number of hydrogen-bond donors (Lipinski definition) is 0. The first kappa shape index (κ1) is 10.6. The van der Waals surface area contributed by atoms with E-state index in [0.717, 1.165) is 19.2 Å². The molecule has 1 aromatic rings. The lowest BCUT2D eigenvalue weighted by atomic mass is 10.2. The zero-order valence-corrected chi connectivity index (χ0v) is 7.84. The summed E-state index contributed by atoms with van der Waals surface area (Å²) in [5.74, 6) is -1.63. The summed E-state index contributed by atoms with van der Waals surface area (Å²) in [4.78, 5) is 21.2. The van der Waals surface area contributed by atoms with Crippen molar-refractivity contribution in [3.05, 3.63) is 33.4 Å². The summed E-state index contributed by atoms with van der Waals surface area (Å²) < 4.78 is 17.2. The maximum atomic E-state index is 12.9. The monoisotopic (exact) mass is 217 g/mol. The highest BCUT2D eigenvalue weighted by atomic mass is 35.5. The molecule has 0 N–H and O–H groups in total. The number of hydrogen-bond acceptors (Lipinski definition) is 4. The first-order valence-electron chi connectivity index (χ1n) is 3.51. The Morgan fingerprint density at radius 2 is 2.21 bits per heavy atom. The molecule has 0 saturated heterocycles. The molecule has 74 valence electrons. The van der Waals surface area contributed by atoms with Crippen LogP contribution in [0.15, 0.2) is 17.3 Å². The van der Waals surface area contributed by atoms with Crippen molar-refractivity contribution < 1.29 is 13.9 Å². The fourth-order valence-corrected chi connectivity index (χ4v) is 1.10. The number of benzene rings is 1. The molecule has 0 saturated carbocycles. The summed E-state index contributed by atoms with van der Waals surface area (Å²) in [6.07, 6.45) is 0. The lowest BCUT2D eigenvalue weighted by Crippen LogP contribution is -2.02. The topological polar surface area (TPSA) is 55.7 Å². The number of esters is 1. The SMILES string of the molecule is COC(=O)c1cc(N=O)c(F)cc1Cl. The first-order valence-corrected chi connectivity index (χ1v) is 3.88. The second kappa shape index (κ2) is 4.15. The second-order valence-corrected chi connectivity index (χ2v) is 2.77. The van der Waals surface area contributed by atoms with Gasteiger partial charge in [0.2, 0.25) is 0 Å². The molecule has 0 aliphatic heterocycles. The lowest BCUT2D eigenvalue weighted by molar-refractivity contribution is 0.0601. The molecule has 0 radical (unpaired) electrons. The van der Waals surface area contributed by atoms with Gasteiger partial charge < -0.3 is 4.74 Å². The zero-order valence-electron chi connectivity index (χ0n) is 7.08. The van der Waals surface area contributed by atoms with Crippen LogP contribution in [0.1, 0.15) is 10.4 Å². The Morgan fingerprint density at radius 3 is 2.71 bits per heavy atom. The van der Waals surface area contributed by atoms with E-state index in [1.54, 1.807) is 0 Å². The number of ether oxygens (including phenoxy) is 1. The molecule has 0 bridgehead atoms. The van der Waals surface area contributed by atoms with E-state index in [4.69, 9.17) is 11.6 Å². The first-order chi connectivity index (χ1) is 6.60. The molecule has 0 aliphatic carbocycles. The second-order valence-electron chi connectivity index (χ2n) is 2.37. The molecular weight excluding hydrogens is 213 g/mol. The van der Waals surface area contributed by atoms with Gasteiger partial charge in [-0.25, -0.2) is 9.18 Å². The molecule has 0 heterocycles. The largest absolute Gasteiger partial charge is 0.465 e. The van der Waals surface area contributed by atoms with Crippen LogP contribution in [-0.2, 0) is 4.74 Å². The number of halogens is 2. The van der Waals surface area contributed by atoms with Gasteiger partial charge in [-0.3, -0.25) is 0 Å². The number of nitroso groups, excluding NO2 is 1. The van der Waals surface area contributed by atoms with Crippen molar-refractivity contribution in [1.29, 1.82) is 0 Å². The summed E-state index contributed by atoms with van der Waals surface area (Å²) in [6.45, 7) is 0. The molecule has 0 fully saturated rings. The van der Waals surface area contributed by atoms with E-state index in [2.05, 4.69) is 9.91 Å². The van der Waals surface area contributed by atoms with Crippen LogP contribution in [0.25, 0.3) is 0 Å². The predicted octanol–water partition coefficient (Wildman–Crippen LogP) is 2.66. The van der Waals surface area contributed by atoms with E-state index < -0.39 is 17.5 Å². The Kier molecular flexibility index (Phi) is 3.14. The number of carbonyl (C=O) groups is 1. The molecule has 0 atom stereocenters. The highest BCUT2D eigenvalue weighted by molar-refractivity contribution is 6.33. The van der Waals surface area contributed by atoms with Gasteiger partial charge in [0.25, 0.3) is 0 Å². The van der Waals surface area contributed by atoms with E-state index in [1.165, 1.54) is 0 Å². The quantitative estimate of drug-likeness (QED) is 0.565. The van der Waals surface area contributed by atoms with Gasteiger partial charge >= 0.3 is 5.97 Å². The highest BCUT2D eigenvalue weighted by Gasteiger charge is 2.15. The molecule has 0 amide bonds. The van der Waals surface area contributed by atoms with Gasteiger partial charge in [-0.2, -0.15) is 0 Å². The van der Waals surface area contributed by atoms with Crippen LogP contribution in [-0.4, -0.2) is 13.1 Å². The smallest absolute Gasteiger partial charge is 0.339 e. The van der Waals surface area contributed by atoms with Crippen molar-refractivity contribution in [3.8, 4) is 0 Å². The summed E-state index contributed by atoms with van der Waals surface area (Å²) in [6, 6.07) is 1.78. The molecule has 0 unspecified atom stereocenters. The van der Waals surface area contributed by atoms with Crippen LogP contribution >= 0.6 is 11.6 Å². The third-order valence-electron chi connectivity index (χ3n) is 1.54. The molecule has 6 heteroatoms. The van der Waals surface area contributed by atoms with Crippen LogP contribution in [0.3, 0.4) is 0 Å². The fourth-order valence-electron chi connectivity index (χ4n) is 0.874. The lowest BCUT2D eigenvalue weighted by Gasteiger charge is -2.02. The Bertz CT molecular complexity index is 394. The summed E-state index contributed by atoms with van der Waals surface area (Å²) in [7, 11) is 1.15. The van der Waals surface area contributed by atoms with Crippen molar-refractivity contribution in [2.75, 3.05) is 7.11 Å². The van der Waals surface area contributed by atoms with Crippen molar-refractivity contribution in [1.82, 2.24) is 0 Å². The van der Waals surface area contributed by atoms with Crippen molar-refractivity contribution in [2.45, 2.75) is 0 Å². The van der Waals surface area contributed by atoms with Gasteiger partial charge in [0, 0.05) is 0 Å².